The SMILES string of the molecule is CNCC(C)(C)COc1ccc(Br)cc1C. The number of hydrogen-bond donors (Lipinski definition) is 1. The zero-order valence-electron chi connectivity index (χ0n) is 10.4. The van der Waals surface area contributed by atoms with Crippen molar-refractivity contribution in [3.05, 3.63) is 28.2 Å². The van der Waals surface area contributed by atoms with Gasteiger partial charge >= 0.3 is 0 Å². The van der Waals surface area contributed by atoms with Gasteiger partial charge in [-0.1, -0.05) is 29.8 Å². The largest absolute Gasteiger partial charge is 0.493 e. The maximum absolute atomic E-state index is 5.85. The molecule has 3 heteroatoms. The molecular weight excluding hydrogens is 266 g/mol. The summed E-state index contributed by atoms with van der Waals surface area (Å²) in [4.78, 5) is 0. The summed E-state index contributed by atoms with van der Waals surface area (Å²) in [5.41, 5.74) is 1.31. The topological polar surface area (TPSA) is 21.3 Å². The van der Waals surface area contributed by atoms with Gasteiger partial charge in [0.15, 0.2) is 0 Å². The van der Waals surface area contributed by atoms with Crippen molar-refractivity contribution in [1.29, 1.82) is 0 Å². The predicted octanol–water partition coefficient (Wildman–Crippen LogP) is 3.38. The summed E-state index contributed by atoms with van der Waals surface area (Å²) < 4.78 is 6.94. The number of ether oxygens (including phenoxy) is 1. The van der Waals surface area contributed by atoms with E-state index in [0.29, 0.717) is 0 Å². The summed E-state index contributed by atoms with van der Waals surface area (Å²) in [7, 11) is 1.96. The van der Waals surface area contributed by atoms with Crippen LogP contribution in [0, 0.1) is 12.3 Å². The molecule has 1 aromatic rings. The first-order valence-corrected chi connectivity index (χ1v) is 6.27. The van der Waals surface area contributed by atoms with Crippen molar-refractivity contribution < 1.29 is 4.74 Å². The van der Waals surface area contributed by atoms with Gasteiger partial charge in [0.1, 0.15) is 5.75 Å². The van der Waals surface area contributed by atoms with E-state index in [0.717, 1.165) is 28.9 Å². The second-order valence-electron chi connectivity index (χ2n) is 4.89. The van der Waals surface area contributed by atoms with Gasteiger partial charge in [-0.3, -0.25) is 0 Å². The van der Waals surface area contributed by atoms with Gasteiger partial charge in [0.25, 0.3) is 0 Å². The molecule has 0 bridgehead atoms. The zero-order chi connectivity index (χ0) is 12.2. The van der Waals surface area contributed by atoms with Crippen molar-refractivity contribution >= 4 is 15.9 Å². The van der Waals surface area contributed by atoms with Crippen LogP contribution in [-0.2, 0) is 0 Å². The molecular formula is C13H20BrNO. The summed E-state index contributed by atoms with van der Waals surface area (Å²) in [5, 5.41) is 3.18. The molecule has 0 aliphatic rings. The fourth-order valence-corrected chi connectivity index (χ4v) is 2.05. The summed E-state index contributed by atoms with van der Waals surface area (Å²) in [6.45, 7) is 8.11. The molecule has 0 heterocycles. The standard InChI is InChI=1S/C13H20BrNO/c1-10-7-11(14)5-6-12(10)16-9-13(2,3)8-15-4/h5-7,15H,8-9H2,1-4H3. The Bertz CT molecular complexity index is 350. The Morgan fingerprint density at radius 3 is 2.62 bits per heavy atom. The molecule has 0 aliphatic carbocycles. The first kappa shape index (κ1) is 13.5. The Labute approximate surface area is 107 Å². The molecule has 0 saturated heterocycles. The highest BCUT2D eigenvalue weighted by molar-refractivity contribution is 9.10. The Balaban J connectivity index is 2.61. The molecule has 16 heavy (non-hydrogen) atoms. The normalized spacial score (nSPS) is 11.6. The lowest BCUT2D eigenvalue weighted by Crippen LogP contribution is -2.32. The zero-order valence-corrected chi connectivity index (χ0v) is 12.0. The predicted molar refractivity (Wildman–Crippen MR) is 72.1 cm³/mol. The van der Waals surface area contributed by atoms with Crippen molar-refractivity contribution in [1.82, 2.24) is 5.32 Å². The minimum atomic E-state index is 0.147. The molecule has 0 saturated carbocycles. The van der Waals surface area contributed by atoms with Crippen LogP contribution in [0.15, 0.2) is 22.7 Å². The highest BCUT2D eigenvalue weighted by atomic mass is 79.9. The van der Waals surface area contributed by atoms with Crippen molar-refractivity contribution in [2.75, 3.05) is 20.2 Å². The van der Waals surface area contributed by atoms with Crippen molar-refractivity contribution in [3.8, 4) is 5.75 Å². The van der Waals surface area contributed by atoms with Crippen molar-refractivity contribution in [2.24, 2.45) is 5.41 Å². The first-order chi connectivity index (χ1) is 7.44. The number of nitrogens with one attached hydrogen (secondary N) is 1. The van der Waals surface area contributed by atoms with E-state index in [9.17, 15) is 0 Å². The molecule has 0 radical (unpaired) electrons. The molecule has 0 fully saturated rings. The molecule has 1 aromatic carbocycles. The molecule has 0 amide bonds. The minimum Gasteiger partial charge on any atom is -0.493 e. The van der Waals surface area contributed by atoms with Crippen LogP contribution in [0.5, 0.6) is 5.75 Å². The lowest BCUT2D eigenvalue weighted by Gasteiger charge is -2.24. The van der Waals surface area contributed by atoms with Crippen LogP contribution < -0.4 is 10.1 Å². The van der Waals surface area contributed by atoms with E-state index in [1.807, 2.05) is 19.2 Å². The van der Waals surface area contributed by atoms with Crippen molar-refractivity contribution in [2.45, 2.75) is 20.8 Å². The average molecular weight is 286 g/mol. The quantitative estimate of drug-likeness (QED) is 0.896. The van der Waals surface area contributed by atoms with E-state index >= 15 is 0 Å². The van der Waals surface area contributed by atoms with Crippen LogP contribution >= 0.6 is 15.9 Å². The monoisotopic (exact) mass is 285 g/mol. The van der Waals surface area contributed by atoms with E-state index in [1.165, 1.54) is 0 Å². The number of benzene rings is 1. The van der Waals surface area contributed by atoms with Crippen molar-refractivity contribution in [3.63, 3.8) is 0 Å². The van der Waals surface area contributed by atoms with E-state index < -0.39 is 0 Å². The van der Waals surface area contributed by atoms with Gasteiger partial charge in [0.05, 0.1) is 6.61 Å². The average Bonchev–Trinajstić information content (AvgIpc) is 2.16. The Hall–Kier alpha value is -0.540. The summed E-state index contributed by atoms with van der Waals surface area (Å²) in [6, 6.07) is 6.09. The smallest absolute Gasteiger partial charge is 0.122 e. The van der Waals surface area contributed by atoms with E-state index in [-0.39, 0.29) is 5.41 Å². The second-order valence-corrected chi connectivity index (χ2v) is 5.81. The molecule has 1 rings (SSSR count). The third-order valence-corrected chi connectivity index (χ3v) is 2.90. The number of halogens is 1. The molecule has 2 nitrogen and oxygen atoms in total. The molecule has 1 N–H and O–H groups in total. The molecule has 0 atom stereocenters. The van der Waals surface area contributed by atoms with Gasteiger partial charge in [-0.15, -0.1) is 0 Å². The van der Waals surface area contributed by atoms with E-state index in [2.05, 4.69) is 48.1 Å². The Morgan fingerprint density at radius 1 is 1.38 bits per heavy atom. The van der Waals surface area contributed by atoms with Gasteiger partial charge in [-0.25, -0.2) is 0 Å². The number of hydrogen-bond acceptors (Lipinski definition) is 2. The minimum absolute atomic E-state index is 0.147. The number of rotatable bonds is 5. The summed E-state index contributed by atoms with van der Waals surface area (Å²) >= 11 is 3.45. The Morgan fingerprint density at radius 2 is 2.06 bits per heavy atom. The highest BCUT2D eigenvalue weighted by Crippen LogP contribution is 2.24. The number of aryl methyl sites for hydroxylation is 1. The van der Waals surface area contributed by atoms with Gasteiger partial charge < -0.3 is 10.1 Å². The fraction of sp³-hybridized carbons (Fsp3) is 0.538. The van der Waals surface area contributed by atoms with Gasteiger partial charge in [0, 0.05) is 16.4 Å². The van der Waals surface area contributed by atoms with Crippen LogP contribution in [0.4, 0.5) is 0 Å². The molecule has 90 valence electrons. The highest BCUT2D eigenvalue weighted by Gasteiger charge is 2.18. The molecule has 0 aromatic heterocycles. The molecule has 0 unspecified atom stereocenters. The lowest BCUT2D eigenvalue weighted by atomic mass is 9.95. The molecule has 0 aliphatic heterocycles. The maximum Gasteiger partial charge on any atom is 0.122 e. The van der Waals surface area contributed by atoms with Crippen LogP contribution in [-0.4, -0.2) is 20.2 Å². The first-order valence-electron chi connectivity index (χ1n) is 5.48. The van der Waals surface area contributed by atoms with E-state index in [4.69, 9.17) is 4.74 Å². The fourth-order valence-electron chi connectivity index (χ4n) is 1.58. The summed E-state index contributed by atoms with van der Waals surface area (Å²) in [5.74, 6) is 0.965. The second kappa shape index (κ2) is 5.69. The van der Waals surface area contributed by atoms with Gasteiger partial charge in [0.2, 0.25) is 0 Å². The lowest BCUT2D eigenvalue weighted by molar-refractivity contribution is 0.178. The Kier molecular flexibility index (Phi) is 4.81. The van der Waals surface area contributed by atoms with Crippen LogP contribution in [0.25, 0.3) is 0 Å². The third kappa shape index (κ3) is 4.14. The summed E-state index contributed by atoms with van der Waals surface area (Å²) in [6.07, 6.45) is 0. The van der Waals surface area contributed by atoms with Crippen LogP contribution in [0.1, 0.15) is 19.4 Å². The van der Waals surface area contributed by atoms with E-state index in [1.54, 1.807) is 0 Å². The van der Waals surface area contributed by atoms with Gasteiger partial charge in [-0.05, 0) is 37.7 Å². The third-order valence-electron chi connectivity index (χ3n) is 2.41. The molecule has 0 spiro atoms. The maximum atomic E-state index is 5.85. The van der Waals surface area contributed by atoms with Crippen LogP contribution in [0.3, 0.4) is 0 Å². The van der Waals surface area contributed by atoms with Crippen LogP contribution in [0.2, 0.25) is 0 Å². The van der Waals surface area contributed by atoms with Gasteiger partial charge in [-0.2, -0.15) is 0 Å².